The van der Waals surface area contributed by atoms with Crippen LogP contribution in [0.15, 0.2) is 0 Å². The highest BCUT2D eigenvalue weighted by Gasteiger charge is 2.26. The number of likely N-dealkylation sites (tertiary alicyclic amines) is 1. The first kappa shape index (κ1) is 14.0. The second-order valence-corrected chi connectivity index (χ2v) is 4.81. The SMILES string of the molecule is CNC(=O)C1CCN(C(=O)CC(C)CN)CC1. The van der Waals surface area contributed by atoms with Crippen molar-refractivity contribution in [1.29, 1.82) is 0 Å². The van der Waals surface area contributed by atoms with Crippen molar-refractivity contribution in [3.05, 3.63) is 0 Å². The third-order valence-corrected chi connectivity index (χ3v) is 3.39. The van der Waals surface area contributed by atoms with Crippen molar-refractivity contribution in [2.75, 3.05) is 26.7 Å². The first-order valence-electron chi connectivity index (χ1n) is 6.28. The van der Waals surface area contributed by atoms with E-state index in [4.69, 9.17) is 5.73 Å². The Kier molecular flexibility index (Phi) is 5.41. The van der Waals surface area contributed by atoms with Gasteiger partial charge in [0.15, 0.2) is 0 Å². The zero-order valence-electron chi connectivity index (χ0n) is 10.7. The third kappa shape index (κ3) is 4.00. The smallest absolute Gasteiger partial charge is 0.222 e. The summed E-state index contributed by atoms with van der Waals surface area (Å²) in [4.78, 5) is 25.2. The molecule has 17 heavy (non-hydrogen) atoms. The fourth-order valence-electron chi connectivity index (χ4n) is 2.11. The molecule has 1 atom stereocenters. The summed E-state index contributed by atoms with van der Waals surface area (Å²) >= 11 is 0. The fourth-order valence-corrected chi connectivity index (χ4v) is 2.11. The van der Waals surface area contributed by atoms with E-state index >= 15 is 0 Å². The first-order chi connectivity index (χ1) is 8.08. The molecule has 3 N–H and O–H groups in total. The third-order valence-electron chi connectivity index (χ3n) is 3.39. The van der Waals surface area contributed by atoms with E-state index in [1.54, 1.807) is 7.05 Å². The van der Waals surface area contributed by atoms with Crippen LogP contribution in [0.1, 0.15) is 26.2 Å². The molecule has 1 saturated heterocycles. The second-order valence-electron chi connectivity index (χ2n) is 4.81. The minimum atomic E-state index is 0.0657. The summed E-state index contributed by atoms with van der Waals surface area (Å²) in [5.41, 5.74) is 5.51. The predicted molar refractivity (Wildman–Crippen MR) is 66.2 cm³/mol. The number of nitrogens with zero attached hydrogens (tertiary/aromatic N) is 1. The lowest BCUT2D eigenvalue weighted by Gasteiger charge is -2.31. The Morgan fingerprint density at radius 1 is 1.41 bits per heavy atom. The molecule has 5 heteroatoms. The topological polar surface area (TPSA) is 75.4 Å². The lowest BCUT2D eigenvalue weighted by molar-refractivity contribution is -0.136. The van der Waals surface area contributed by atoms with Crippen LogP contribution in [0.25, 0.3) is 0 Å². The molecule has 1 fully saturated rings. The van der Waals surface area contributed by atoms with Crippen molar-refractivity contribution >= 4 is 11.8 Å². The molecular weight excluding hydrogens is 218 g/mol. The molecule has 2 amide bonds. The maximum Gasteiger partial charge on any atom is 0.222 e. The van der Waals surface area contributed by atoms with Crippen LogP contribution >= 0.6 is 0 Å². The van der Waals surface area contributed by atoms with Crippen LogP contribution in [-0.2, 0) is 9.59 Å². The van der Waals surface area contributed by atoms with Gasteiger partial charge in [-0.1, -0.05) is 6.92 Å². The first-order valence-corrected chi connectivity index (χ1v) is 6.28. The number of amides is 2. The Bertz CT molecular complexity index is 273. The number of nitrogens with two attached hydrogens (primary N) is 1. The number of hydrogen-bond donors (Lipinski definition) is 2. The zero-order chi connectivity index (χ0) is 12.8. The van der Waals surface area contributed by atoms with E-state index in [0.29, 0.717) is 26.1 Å². The van der Waals surface area contributed by atoms with Crippen LogP contribution in [-0.4, -0.2) is 43.4 Å². The van der Waals surface area contributed by atoms with Crippen molar-refractivity contribution in [3.8, 4) is 0 Å². The molecule has 0 aromatic carbocycles. The van der Waals surface area contributed by atoms with Gasteiger partial charge in [-0.3, -0.25) is 9.59 Å². The summed E-state index contributed by atoms with van der Waals surface area (Å²) in [5.74, 6) is 0.556. The molecule has 0 bridgehead atoms. The standard InChI is InChI=1S/C12H23N3O2/c1-9(8-13)7-11(16)15-5-3-10(4-6-15)12(17)14-2/h9-10H,3-8,13H2,1-2H3,(H,14,17). The van der Waals surface area contributed by atoms with Crippen molar-refractivity contribution < 1.29 is 9.59 Å². The Balaban J connectivity index is 2.36. The zero-order valence-corrected chi connectivity index (χ0v) is 10.7. The van der Waals surface area contributed by atoms with Gasteiger partial charge in [-0.15, -0.1) is 0 Å². The molecule has 0 spiro atoms. The number of carbonyl (C=O) groups excluding carboxylic acids is 2. The molecule has 1 rings (SSSR count). The Hall–Kier alpha value is -1.10. The van der Waals surface area contributed by atoms with Crippen LogP contribution in [0.3, 0.4) is 0 Å². The van der Waals surface area contributed by atoms with Crippen LogP contribution in [0.5, 0.6) is 0 Å². The maximum absolute atomic E-state index is 11.9. The summed E-state index contributed by atoms with van der Waals surface area (Å²) < 4.78 is 0. The lowest BCUT2D eigenvalue weighted by Crippen LogP contribution is -2.43. The van der Waals surface area contributed by atoms with Gasteiger partial charge in [-0.05, 0) is 25.3 Å². The van der Waals surface area contributed by atoms with Gasteiger partial charge in [0, 0.05) is 32.5 Å². The normalized spacial score (nSPS) is 18.9. The molecular formula is C12H23N3O2. The minimum absolute atomic E-state index is 0.0657. The van der Waals surface area contributed by atoms with Gasteiger partial charge in [-0.25, -0.2) is 0 Å². The van der Waals surface area contributed by atoms with Crippen LogP contribution in [0.2, 0.25) is 0 Å². The number of nitrogens with one attached hydrogen (secondary N) is 1. The van der Waals surface area contributed by atoms with E-state index in [1.165, 1.54) is 0 Å². The van der Waals surface area contributed by atoms with Gasteiger partial charge in [0.2, 0.25) is 11.8 Å². The molecule has 0 radical (unpaired) electrons. The van der Waals surface area contributed by atoms with Crippen molar-refractivity contribution in [3.63, 3.8) is 0 Å². The number of piperidine rings is 1. The average Bonchev–Trinajstić information content (AvgIpc) is 2.37. The number of carbonyl (C=O) groups is 2. The molecule has 0 aromatic heterocycles. The minimum Gasteiger partial charge on any atom is -0.359 e. The molecule has 0 aliphatic carbocycles. The van der Waals surface area contributed by atoms with Crippen molar-refractivity contribution in [2.24, 2.45) is 17.6 Å². The monoisotopic (exact) mass is 241 g/mol. The highest BCUT2D eigenvalue weighted by Crippen LogP contribution is 2.18. The summed E-state index contributed by atoms with van der Waals surface area (Å²) in [5, 5.41) is 2.66. The summed E-state index contributed by atoms with van der Waals surface area (Å²) in [6.45, 7) is 3.90. The van der Waals surface area contributed by atoms with E-state index in [1.807, 2.05) is 11.8 Å². The van der Waals surface area contributed by atoms with Crippen molar-refractivity contribution in [1.82, 2.24) is 10.2 Å². The summed E-state index contributed by atoms with van der Waals surface area (Å²) in [6, 6.07) is 0. The molecule has 1 heterocycles. The number of rotatable bonds is 4. The highest BCUT2D eigenvalue weighted by molar-refractivity contribution is 5.79. The van der Waals surface area contributed by atoms with Crippen LogP contribution < -0.4 is 11.1 Å². The van der Waals surface area contributed by atoms with Crippen molar-refractivity contribution in [2.45, 2.75) is 26.2 Å². The van der Waals surface area contributed by atoms with Gasteiger partial charge in [0.1, 0.15) is 0 Å². The molecule has 0 saturated carbocycles. The lowest BCUT2D eigenvalue weighted by atomic mass is 9.95. The summed E-state index contributed by atoms with van der Waals surface area (Å²) in [7, 11) is 1.66. The Morgan fingerprint density at radius 2 is 2.00 bits per heavy atom. The van der Waals surface area contributed by atoms with Crippen LogP contribution in [0.4, 0.5) is 0 Å². The average molecular weight is 241 g/mol. The molecule has 1 aliphatic rings. The maximum atomic E-state index is 11.9. The quantitative estimate of drug-likeness (QED) is 0.725. The fraction of sp³-hybridized carbons (Fsp3) is 0.833. The van der Waals surface area contributed by atoms with E-state index in [0.717, 1.165) is 12.8 Å². The molecule has 1 aliphatic heterocycles. The summed E-state index contributed by atoms with van der Waals surface area (Å²) in [6.07, 6.45) is 2.05. The molecule has 1 unspecified atom stereocenters. The predicted octanol–water partition coefficient (Wildman–Crippen LogP) is -0.0441. The molecule has 98 valence electrons. The van der Waals surface area contributed by atoms with Gasteiger partial charge in [0.25, 0.3) is 0 Å². The molecule has 0 aromatic rings. The van der Waals surface area contributed by atoms with Gasteiger partial charge in [-0.2, -0.15) is 0 Å². The van der Waals surface area contributed by atoms with E-state index in [-0.39, 0.29) is 23.7 Å². The number of hydrogen-bond acceptors (Lipinski definition) is 3. The Morgan fingerprint density at radius 3 is 2.47 bits per heavy atom. The van der Waals surface area contributed by atoms with Crippen LogP contribution in [0, 0.1) is 11.8 Å². The van der Waals surface area contributed by atoms with E-state index in [9.17, 15) is 9.59 Å². The van der Waals surface area contributed by atoms with Gasteiger partial charge in [0.05, 0.1) is 0 Å². The van der Waals surface area contributed by atoms with Gasteiger partial charge >= 0.3 is 0 Å². The largest absolute Gasteiger partial charge is 0.359 e. The van der Waals surface area contributed by atoms with E-state index in [2.05, 4.69) is 5.32 Å². The second kappa shape index (κ2) is 6.59. The molecule has 5 nitrogen and oxygen atoms in total. The van der Waals surface area contributed by atoms with E-state index < -0.39 is 0 Å². The van der Waals surface area contributed by atoms with Gasteiger partial charge < -0.3 is 16.0 Å². The highest BCUT2D eigenvalue weighted by atomic mass is 16.2. The Labute approximate surface area is 103 Å².